The van der Waals surface area contributed by atoms with Crippen LogP contribution in [0.15, 0.2) is 0 Å². The third-order valence-electron chi connectivity index (χ3n) is 2.30. The van der Waals surface area contributed by atoms with Crippen molar-refractivity contribution < 1.29 is 4.79 Å². The predicted octanol–water partition coefficient (Wildman–Crippen LogP) is 0.202. The van der Waals surface area contributed by atoms with Gasteiger partial charge in [-0.05, 0) is 12.3 Å². The van der Waals surface area contributed by atoms with E-state index in [2.05, 4.69) is 6.92 Å². The molecule has 0 aromatic carbocycles. The summed E-state index contributed by atoms with van der Waals surface area (Å²) in [6.45, 7) is 5.26. The number of rotatable bonds is 1. The summed E-state index contributed by atoms with van der Waals surface area (Å²) >= 11 is 0. The van der Waals surface area contributed by atoms with Gasteiger partial charge in [0, 0.05) is 26.1 Å². The van der Waals surface area contributed by atoms with Crippen LogP contribution in [0.25, 0.3) is 0 Å². The monoisotopic (exact) mass is 156 g/mol. The smallest absolute Gasteiger partial charge is 0.219 e. The van der Waals surface area contributed by atoms with Gasteiger partial charge < -0.3 is 10.6 Å². The molecule has 3 nitrogen and oxygen atoms in total. The summed E-state index contributed by atoms with van der Waals surface area (Å²) in [7, 11) is 0. The molecule has 0 spiro atoms. The fourth-order valence-corrected chi connectivity index (χ4v) is 1.76. The van der Waals surface area contributed by atoms with E-state index in [0.717, 1.165) is 13.0 Å². The lowest BCUT2D eigenvalue weighted by Crippen LogP contribution is -2.38. The van der Waals surface area contributed by atoms with E-state index in [9.17, 15) is 4.79 Å². The number of hydrogen-bond acceptors (Lipinski definition) is 2. The van der Waals surface area contributed by atoms with Crippen molar-refractivity contribution in [3.8, 4) is 0 Å². The summed E-state index contributed by atoms with van der Waals surface area (Å²) in [5.74, 6) is 0.775. The fraction of sp³-hybridized carbons (Fsp3) is 0.875. The van der Waals surface area contributed by atoms with Crippen LogP contribution < -0.4 is 5.73 Å². The normalized spacial score (nSPS) is 31.0. The third-order valence-corrected chi connectivity index (χ3v) is 2.30. The minimum atomic E-state index is 0.157. The van der Waals surface area contributed by atoms with E-state index in [-0.39, 0.29) is 5.91 Å². The number of carbonyl (C=O) groups is 1. The van der Waals surface area contributed by atoms with E-state index in [1.54, 1.807) is 6.92 Å². The van der Waals surface area contributed by atoms with Gasteiger partial charge in [0.15, 0.2) is 0 Å². The molecule has 1 aliphatic rings. The number of hydrogen-bond donors (Lipinski definition) is 1. The topological polar surface area (TPSA) is 46.3 Å². The quantitative estimate of drug-likeness (QED) is 0.589. The van der Waals surface area contributed by atoms with Crippen LogP contribution in [0.2, 0.25) is 0 Å². The molecule has 1 aliphatic heterocycles. The second-order valence-electron chi connectivity index (χ2n) is 3.40. The van der Waals surface area contributed by atoms with Gasteiger partial charge in [0.25, 0.3) is 0 Å². The van der Waals surface area contributed by atoms with Crippen LogP contribution in [-0.4, -0.2) is 29.9 Å². The van der Waals surface area contributed by atoms with E-state index in [1.807, 2.05) is 4.90 Å². The van der Waals surface area contributed by atoms with Gasteiger partial charge in [-0.2, -0.15) is 0 Å². The van der Waals surface area contributed by atoms with Crippen molar-refractivity contribution in [3.05, 3.63) is 0 Å². The Hall–Kier alpha value is -0.570. The molecule has 1 rings (SSSR count). The molecule has 0 radical (unpaired) electrons. The van der Waals surface area contributed by atoms with E-state index >= 15 is 0 Å². The summed E-state index contributed by atoms with van der Waals surface area (Å²) in [5.41, 5.74) is 5.53. The van der Waals surface area contributed by atoms with Crippen LogP contribution in [0.3, 0.4) is 0 Å². The van der Waals surface area contributed by atoms with Crippen molar-refractivity contribution in [2.45, 2.75) is 26.3 Å². The first-order valence-electron chi connectivity index (χ1n) is 4.12. The van der Waals surface area contributed by atoms with Gasteiger partial charge in [0.1, 0.15) is 0 Å². The molecule has 0 saturated carbocycles. The van der Waals surface area contributed by atoms with Gasteiger partial charge in [0.2, 0.25) is 5.91 Å². The largest absolute Gasteiger partial charge is 0.338 e. The van der Waals surface area contributed by atoms with Crippen LogP contribution in [0.1, 0.15) is 20.3 Å². The van der Waals surface area contributed by atoms with Crippen LogP contribution in [-0.2, 0) is 4.79 Å². The Balaban J connectivity index is 2.57. The average Bonchev–Trinajstić information content (AvgIpc) is 2.30. The molecule has 0 unspecified atom stereocenters. The van der Waals surface area contributed by atoms with Gasteiger partial charge in [-0.25, -0.2) is 0 Å². The lowest BCUT2D eigenvalue weighted by atomic mass is 10.1. The summed E-state index contributed by atoms with van der Waals surface area (Å²) in [5, 5.41) is 0. The molecule has 0 aromatic rings. The van der Waals surface area contributed by atoms with Crippen molar-refractivity contribution in [2.24, 2.45) is 11.7 Å². The Bertz CT molecular complexity index is 158. The molecule has 1 fully saturated rings. The van der Waals surface area contributed by atoms with E-state index in [4.69, 9.17) is 5.73 Å². The Morgan fingerprint density at radius 3 is 2.73 bits per heavy atom. The maximum Gasteiger partial charge on any atom is 0.219 e. The number of amides is 1. The number of nitrogens with two attached hydrogens (primary N) is 1. The maximum atomic E-state index is 11.0. The lowest BCUT2D eigenvalue weighted by Gasteiger charge is -2.21. The van der Waals surface area contributed by atoms with Gasteiger partial charge in [0.05, 0.1) is 0 Å². The zero-order chi connectivity index (χ0) is 8.43. The van der Waals surface area contributed by atoms with Gasteiger partial charge in [-0.15, -0.1) is 0 Å². The Kier molecular flexibility index (Phi) is 2.49. The SMILES string of the molecule is CC(=O)N1C[C@@H](C)C[C@H]1CN. The summed E-state index contributed by atoms with van der Waals surface area (Å²) in [6.07, 6.45) is 1.07. The van der Waals surface area contributed by atoms with Gasteiger partial charge in [-0.3, -0.25) is 4.79 Å². The molecule has 0 aromatic heterocycles. The number of likely N-dealkylation sites (tertiary alicyclic amines) is 1. The van der Waals surface area contributed by atoms with Gasteiger partial charge in [-0.1, -0.05) is 6.92 Å². The maximum absolute atomic E-state index is 11.0. The first-order chi connectivity index (χ1) is 5.15. The van der Waals surface area contributed by atoms with Crippen molar-refractivity contribution in [1.29, 1.82) is 0 Å². The highest BCUT2D eigenvalue weighted by molar-refractivity contribution is 5.74. The van der Waals surface area contributed by atoms with E-state index < -0.39 is 0 Å². The Morgan fingerprint density at radius 1 is 1.73 bits per heavy atom. The molecule has 1 heterocycles. The number of carbonyl (C=O) groups excluding carboxylic acids is 1. The highest BCUT2D eigenvalue weighted by Crippen LogP contribution is 2.21. The van der Waals surface area contributed by atoms with Crippen LogP contribution in [0, 0.1) is 5.92 Å². The molecule has 1 amide bonds. The van der Waals surface area contributed by atoms with E-state index in [1.165, 1.54) is 0 Å². The molecule has 0 aliphatic carbocycles. The second kappa shape index (κ2) is 3.22. The first kappa shape index (κ1) is 8.53. The summed E-state index contributed by atoms with van der Waals surface area (Å²) in [4.78, 5) is 12.9. The first-order valence-corrected chi connectivity index (χ1v) is 4.12. The van der Waals surface area contributed by atoms with E-state index in [0.29, 0.717) is 18.5 Å². The molecule has 64 valence electrons. The molecule has 1 saturated heterocycles. The second-order valence-corrected chi connectivity index (χ2v) is 3.40. The Morgan fingerprint density at radius 2 is 2.36 bits per heavy atom. The summed E-state index contributed by atoms with van der Waals surface area (Å²) < 4.78 is 0. The number of nitrogens with zero attached hydrogens (tertiary/aromatic N) is 1. The third kappa shape index (κ3) is 1.71. The van der Waals surface area contributed by atoms with Crippen molar-refractivity contribution in [2.75, 3.05) is 13.1 Å². The minimum Gasteiger partial charge on any atom is -0.338 e. The Labute approximate surface area is 67.5 Å². The van der Waals surface area contributed by atoms with Gasteiger partial charge >= 0.3 is 0 Å². The standard InChI is InChI=1S/C8H16N2O/c1-6-3-8(4-9)10(5-6)7(2)11/h6,8H,3-5,9H2,1-2H3/t6-,8-/m0/s1. The van der Waals surface area contributed by atoms with Crippen LogP contribution >= 0.6 is 0 Å². The molecular formula is C8H16N2O. The van der Waals surface area contributed by atoms with Crippen molar-refractivity contribution in [3.63, 3.8) is 0 Å². The average molecular weight is 156 g/mol. The van der Waals surface area contributed by atoms with Crippen molar-refractivity contribution in [1.82, 2.24) is 4.90 Å². The molecule has 0 bridgehead atoms. The zero-order valence-electron chi connectivity index (χ0n) is 7.21. The lowest BCUT2D eigenvalue weighted by molar-refractivity contribution is -0.129. The zero-order valence-corrected chi connectivity index (χ0v) is 7.21. The minimum absolute atomic E-state index is 0.157. The molecule has 11 heavy (non-hydrogen) atoms. The fourth-order valence-electron chi connectivity index (χ4n) is 1.76. The summed E-state index contributed by atoms with van der Waals surface area (Å²) in [6, 6.07) is 0.294. The highest BCUT2D eigenvalue weighted by Gasteiger charge is 2.29. The van der Waals surface area contributed by atoms with Crippen LogP contribution in [0.5, 0.6) is 0 Å². The van der Waals surface area contributed by atoms with Crippen LogP contribution in [0.4, 0.5) is 0 Å². The molecule has 3 heteroatoms. The molecular weight excluding hydrogens is 140 g/mol. The molecule has 2 atom stereocenters. The molecule has 2 N–H and O–H groups in total. The highest BCUT2D eigenvalue weighted by atomic mass is 16.2. The van der Waals surface area contributed by atoms with Crippen molar-refractivity contribution >= 4 is 5.91 Å². The predicted molar refractivity (Wildman–Crippen MR) is 44.0 cm³/mol.